The number of hydrogen-bond donors (Lipinski definition) is 0. The van der Waals surface area contributed by atoms with Crippen LogP contribution in [0, 0.1) is 0 Å². The van der Waals surface area contributed by atoms with Crippen molar-refractivity contribution in [3.8, 4) is 17.2 Å². The Morgan fingerprint density at radius 1 is 0.643 bits per heavy atom. The van der Waals surface area contributed by atoms with E-state index in [0.717, 1.165) is 46.1 Å². The van der Waals surface area contributed by atoms with Gasteiger partial charge in [-0.2, -0.15) is 0 Å². The third kappa shape index (κ3) is 4.98. The molecule has 28 heavy (non-hydrogen) atoms. The first-order valence-electron chi connectivity index (χ1n) is 9.12. The van der Waals surface area contributed by atoms with Crippen LogP contribution in [0.1, 0.15) is 6.42 Å². The average Bonchev–Trinajstić information content (AvgIpc) is 2.76. The maximum absolute atomic E-state index is 5.77. The lowest BCUT2D eigenvalue weighted by Crippen LogP contribution is -2.10. The molecule has 0 aliphatic carbocycles. The fraction of sp³-hybridized carbons (Fsp3) is 0.217. The lowest BCUT2D eigenvalue weighted by atomic mass is 10.2. The smallest absolute Gasteiger partial charge is 0.119 e. The van der Waals surface area contributed by atoms with Crippen LogP contribution in [-0.2, 0) is 0 Å². The molecule has 0 aliphatic rings. The van der Waals surface area contributed by atoms with Gasteiger partial charge >= 0.3 is 0 Å². The Labute approximate surface area is 174 Å². The molecule has 0 bridgehead atoms. The molecule has 0 aromatic heterocycles. The summed E-state index contributed by atoms with van der Waals surface area (Å²) in [7, 11) is 3.34. The van der Waals surface area contributed by atoms with Gasteiger partial charge in [0.2, 0.25) is 0 Å². The van der Waals surface area contributed by atoms with Gasteiger partial charge in [0.05, 0.1) is 20.8 Å². The van der Waals surface area contributed by atoms with E-state index in [-0.39, 0.29) is 0 Å². The fourth-order valence-electron chi connectivity index (χ4n) is 2.85. The van der Waals surface area contributed by atoms with E-state index in [9.17, 15) is 0 Å². The van der Waals surface area contributed by atoms with Crippen molar-refractivity contribution in [1.82, 2.24) is 0 Å². The molecular formula is C23H24BrNO3. The van der Waals surface area contributed by atoms with Gasteiger partial charge in [-0.3, -0.25) is 0 Å². The molecule has 146 valence electrons. The van der Waals surface area contributed by atoms with Crippen LogP contribution >= 0.6 is 15.9 Å². The zero-order chi connectivity index (χ0) is 19.8. The van der Waals surface area contributed by atoms with Gasteiger partial charge in [-0.1, -0.05) is 15.9 Å². The Morgan fingerprint density at radius 2 is 1.04 bits per heavy atom. The Kier molecular flexibility index (Phi) is 7.20. The molecule has 3 aromatic carbocycles. The summed E-state index contributed by atoms with van der Waals surface area (Å²) >= 11 is 3.42. The number of halogens is 1. The third-order valence-electron chi connectivity index (χ3n) is 4.30. The number of benzene rings is 3. The number of alkyl halides is 1. The highest BCUT2D eigenvalue weighted by atomic mass is 79.9. The summed E-state index contributed by atoms with van der Waals surface area (Å²) in [5.74, 6) is 2.53. The Balaban J connectivity index is 1.92. The standard InChI is InChI=1S/C23H24BrNO3/c1-26-21-10-4-18(5-11-21)25(19-6-12-22(27-2)13-7-19)20-8-14-23(15-9-20)28-17-3-16-24/h4-15H,3,16-17H2,1-2H3. The van der Waals surface area contributed by atoms with Gasteiger partial charge in [0.25, 0.3) is 0 Å². The third-order valence-corrected chi connectivity index (χ3v) is 4.86. The summed E-state index contributed by atoms with van der Waals surface area (Å²) in [6.45, 7) is 0.700. The second kappa shape index (κ2) is 10.0. The molecule has 0 unspecified atom stereocenters. The molecular weight excluding hydrogens is 418 g/mol. The Morgan fingerprint density at radius 3 is 1.39 bits per heavy atom. The minimum Gasteiger partial charge on any atom is -0.497 e. The highest BCUT2D eigenvalue weighted by Crippen LogP contribution is 2.36. The molecule has 0 radical (unpaired) electrons. The number of ether oxygens (including phenoxy) is 3. The Hall–Kier alpha value is -2.66. The molecule has 0 aliphatic heterocycles. The van der Waals surface area contributed by atoms with Gasteiger partial charge in [0, 0.05) is 22.4 Å². The second-order valence-electron chi connectivity index (χ2n) is 6.12. The van der Waals surface area contributed by atoms with Crippen LogP contribution in [0.5, 0.6) is 17.2 Å². The first-order valence-corrected chi connectivity index (χ1v) is 10.2. The molecule has 3 aromatic rings. The zero-order valence-electron chi connectivity index (χ0n) is 16.1. The van der Waals surface area contributed by atoms with Crippen molar-refractivity contribution in [1.29, 1.82) is 0 Å². The van der Waals surface area contributed by atoms with E-state index < -0.39 is 0 Å². The second-order valence-corrected chi connectivity index (χ2v) is 6.91. The van der Waals surface area contributed by atoms with E-state index in [4.69, 9.17) is 14.2 Å². The lowest BCUT2D eigenvalue weighted by Gasteiger charge is -2.26. The summed E-state index contributed by atoms with van der Waals surface area (Å²) in [6, 6.07) is 24.2. The number of methoxy groups -OCH3 is 2. The minimum absolute atomic E-state index is 0.700. The van der Waals surface area contributed by atoms with Crippen LogP contribution in [0.25, 0.3) is 0 Å². The molecule has 0 atom stereocenters. The summed E-state index contributed by atoms with van der Waals surface area (Å²) in [6.07, 6.45) is 0.978. The summed E-state index contributed by atoms with van der Waals surface area (Å²) in [5, 5.41) is 0.938. The molecule has 0 fully saturated rings. The molecule has 0 saturated carbocycles. The average molecular weight is 442 g/mol. The number of nitrogens with zero attached hydrogens (tertiary/aromatic N) is 1. The van der Waals surface area contributed by atoms with Gasteiger partial charge in [0.1, 0.15) is 17.2 Å². The molecule has 0 N–H and O–H groups in total. The van der Waals surface area contributed by atoms with Crippen molar-refractivity contribution in [2.75, 3.05) is 31.1 Å². The molecule has 5 heteroatoms. The number of rotatable bonds is 9. The normalized spacial score (nSPS) is 10.4. The van der Waals surface area contributed by atoms with Crippen LogP contribution in [-0.4, -0.2) is 26.2 Å². The van der Waals surface area contributed by atoms with Gasteiger partial charge in [-0.15, -0.1) is 0 Å². The molecule has 3 rings (SSSR count). The zero-order valence-corrected chi connectivity index (χ0v) is 17.7. The van der Waals surface area contributed by atoms with Gasteiger partial charge < -0.3 is 19.1 Å². The summed E-state index contributed by atoms with van der Waals surface area (Å²) < 4.78 is 16.4. The maximum Gasteiger partial charge on any atom is 0.119 e. The molecule has 4 nitrogen and oxygen atoms in total. The molecule has 0 spiro atoms. The van der Waals surface area contributed by atoms with E-state index >= 15 is 0 Å². The van der Waals surface area contributed by atoms with Crippen molar-refractivity contribution in [3.63, 3.8) is 0 Å². The molecule has 0 heterocycles. The molecule has 0 amide bonds. The van der Waals surface area contributed by atoms with Gasteiger partial charge in [-0.25, -0.2) is 0 Å². The predicted molar refractivity (Wildman–Crippen MR) is 118 cm³/mol. The van der Waals surface area contributed by atoms with Crippen LogP contribution in [0.4, 0.5) is 17.1 Å². The fourth-order valence-corrected chi connectivity index (χ4v) is 3.07. The maximum atomic E-state index is 5.77. The highest BCUT2D eigenvalue weighted by Gasteiger charge is 2.13. The lowest BCUT2D eigenvalue weighted by molar-refractivity contribution is 0.319. The Bertz CT molecular complexity index is 801. The monoisotopic (exact) mass is 441 g/mol. The quantitative estimate of drug-likeness (QED) is 0.286. The van der Waals surface area contributed by atoms with E-state index in [0.29, 0.717) is 6.61 Å². The topological polar surface area (TPSA) is 30.9 Å². The van der Waals surface area contributed by atoms with E-state index in [2.05, 4.69) is 33.0 Å². The van der Waals surface area contributed by atoms with E-state index in [1.807, 2.05) is 60.7 Å². The van der Waals surface area contributed by atoms with Crippen molar-refractivity contribution >= 4 is 33.0 Å². The number of anilines is 3. The van der Waals surface area contributed by atoms with Crippen LogP contribution in [0.15, 0.2) is 72.8 Å². The largest absolute Gasteiger partial charge is 0.497 e. The van der Waals surface area contributed by atoms with Crippen LogP contribution in [0.3, 0.4) is 0 Å². The highest BCUT2D eigenvalue weighted by molar-refractivity contribution is 9.09. The van der Waals surface area contributed by atoms with Crippen molar-refractivity contribution in [2.24, 2.45) is 0 Å². The summed E-state index contributed by atoms with van der Waals surface area (Å²) in [4.78, 5) is 2.18. The van der Waals surface area contributed by atoms with Gasteiger partial charge in [-0.05, 0) is 79.2 Å². The predicted octanol–water partition coefficient (Wildman–Crippen LogP) is 6.34. The van der Waals surface area contributed by atoms with Crippen molar-refractivity contribution < 1.29 is 14.2 Å². The summed E-state index contributed by atoms with van der Waals surface area (Å²) in [5.41, 5.74) is 3.13. The van der Waals surface area contributed by atoms with Crippen LogP contribution < -0.4 is 19.1 Å². The van der Waals surface area contributed by atoms with Crippen molar-refractivity contribution in [2.45, 2.75) is 6.42 Å². The number of hydrogen-bond acceptors (Lipinski definition) is 4. The van der Waals surface area contributed by atoms with E-state index in [1.54, 1.807) is 14.2 Å². The van der Waals surface area contributed by atoms with E-state index in [1.165, 1.54) is 0 Å². The van der Waals surface area contributed by atoms with Crippen molar-refractivity contribution in [3.05, 3.63) is 72.8 Å². The minimum atomic E-state index is 0.700. The van der Waals surface area contributed by atoms with Crippen LogP contribution in [0.2, 0.25) is 0 Å². The van der Waals surface area contributed by atoms with Gasteiger partial charge in [0.15, 0.2) is 0 Å². The first-order chi connectivity index (χ1) is 13.7. The SMILES string of the molecule is COc1ccc(N(c2ccc(OC)cc2)c2ccc(OCCCBr)cc2)cc1. The molecule has 0 saturated heterocycles. The first kappa shape index (κ1) is 20.1.